The monoisotopic (exact) mass is 375 g/mol. The van der Waals surface area contributed by atoms with Crippen molar-refractivity contribution in [1.82, 2.24) is 4.31 Å². The fourth-order valence-electron chi connectivity index (χ4n) is 3.54. The Bertz CT molecular complexity index is 907. The molecular formula is C20H22FNO3S. The second-order valence-electron chi connectivity index (χ2n) is 6.98. The highest BCUT2D eigenvalue weighted by Crippen LogP contribution is 2.28. The average molecular weight is 375 g/mol. The van der Waals surface area contributed by atoms with Crippen LogP contribution in [0.25, 0.3) is 0 Å². The molecule has 0 aromatic heterocycles. The van der Waals surface area contributed by atoms with Crippen molar-refractivity contribution in [3.8, 4) is 0 Å². The fraction of sp³-hybridized carbons (Fsp3) is 0.400. The minimum absolute atomic E-state index is 0.157. The SMILES string of the molecule is O=S(=O)(c1ccc2c(c1)CCCC2)N1CC(OCc2ccccc2F)C1. The molecule has 4 nitrogen and oxygen atoms in total. The molecule has 138 valence electrons. The molecule has 0 atom stereocenters. The molecule has 6 heteroatoms. The molecule has 2 aliphatic rings. The van der Waals surface area contributed by atoms with Gasteiger partial charge in [-0.2, -0.15) is 4.31 Å². The minimum Gasteiger partial charge on any atom is -0.371 e. The zero-order valence-electron chi connectivity index (χ0n) is 14.5. The van der Waals surface area contributed by atoms with E-state index in [1.807, 2.05) is 12.1 Å². The van der Waals surface area contributed by atoms with Crippen LogP contribution in [0.2, 0.25) is 0 Å². The summed E-state index contributed by atoms with van der Waals surface area (Å²) in [4.78, 5) is 0.366. The molecule has 1 fully saturated rings. The molecule has 1 heterocycles. The Labute approximate surface area is 153 Å². The van der Waals surface area contributed by atoms with Gasteiger partial charge < -0.3 is 4.74 Å². The summed E-state index contributed by atoms with van der Waals surface area (Å²) in [6, 6.07) is 12.0. The van der Waals surface area contributed by atoms with E-state index in [9.17, 15) is 12.8 Å². The van der Waals surface area contributed by atoms with Crippen LogP contribution >= 0.6 is 0 Å². The van der Waals surface area contributed by atoms with Gasteiger partial charge in [-0.05, 0) is 55.0 Å². The van der Waals surface area contributed by atoms with Gasteiger partial charge in [-0.15, -0.1) is 0 Å². The fourth-order valence-corrected chi connectivity index (χ4v) is 5.10. The van der Waals surface area contributed by atoms with Gasteiger partial charge >= 0.3 is 0 Å². The number of nitrogens with zero attached hydrogens (tertiary/aromatic N) is 1. The van der Waals surface area contributed by atoms with Crippen LogP contribution in [0.5, 0.6) is 0 Å². The Morgan fingerprint density at radius 3 is 2.54 bits per heavy atom. The van der Waals surface area contributed by atoms with Crippen LogP contribution in [-0.4, -0.2) is 31.9 Å². The van der Waals surface area contributed by atoms with Crippen molar-refractivity contribution >= 4 is 10.0 Å². The summed E-state index contributed by atoms with van der Waals surface area (Å²) in [5.74, 6) is -0.301. The van der Waals surface area contributed by atoms with Crippen molar-refractivity contribution in [3.63, 3.8) is 0 Å². The van der Waals surface area contributed by atoms with E-state index in [1.165, 1.54) is 22.4 Å². The number of sulfonamides is 1. The standard InChI is InChI=1S/C20H22FNO3S/c21-20-8-4-3-7-17(20)14-25-18-12-22(13-18)26(23,24)19-10-9-15-5-1-2-6-16(15)11-19/h3-4,7-11,18H,1-2,5-6,12-14H2. The number of halogens is 1. The molecule has 4 rings (SSSR count). The van der Waals surface area contributed by atoms with Gasteiger partial charge in [0.1, 0.15) is 5.82 Å². The maximum absolute atomic E-state index is 13.6. The van der Waals surface area contributed by atoms with Crippen LogP contribution in [0, 0.1) is 5.82 Å². The van der Waals surface area contributed by atoms with Gasteiger partial charge in [0.15, 0.2) is 0 Å². The number of aryl methyl sites for hydroxylation is 2. The van der Waals surface area contributed by atoms with E-state index in [0.29, 0.717) is 23.5 Å². The normalized spacial score (nSPS) is 18.3. The molecule has 2 aromatic carbocycles. The molecule has 2 aromatic rings. The van der Waals surface area contributed by atoms with Crippen LogP contribution in [0.15, 0.2) is 47.4 Å². The maximum Gasteiger partial charge on any atom is 0.243 e. The van der Waals surface area contributed by atoms with E-state index in [2.05, 4.69) is 0 Å². The van der Waals surface area contributed by atoms with Crippen LogP contribution in [0.4, 0.5) is 4.39 Å². The Hall–Kier alpha value is -1.76. The van der Waals surface area contributed by atoms with E-state index in [0.717, 1.165) is 24.8 Å². The Kier molecular flexibility index (Phi) is 4.82. The second kappa shape index (κ2) is 7.10. The summed E-state index contributed by atoms with van der Waals surface area (Å²) in [6.07, 6.45) is 4.08. The van der Waals surface area contributed by atoms with E-state index in [-0.39, 0.29) is 18.5 Å². The van der Waals surface area contributed by atoms with Crippen LogP contribution in [0.1, 0.15) is 29.5 Å². The van der Waals surface area contributed by atoms with Gasteiger partial charge in [-0.1, -0.05) is 24.3 Å². The first-order valence-electron chi connectivity index (χ1n) is 9.01. The second-order valence-corrected chi connectivity index (χ2v) is 8.92. The van der Waals surface area contributed by atoms with E-state index in [4.69, 9.17) is 4.74 Å². The van der Waals surface area contributed by atoms with Gasteiger partial charge in [0.25, 0.3) is 0 Å². The Morgan fingerprint density at radius 1 is 1.04 bits per heavy atom. The van der Waals surface area contributed by atoms with Crippen molar-refractivity contribution in [3.05, 3.63) is 65.0 Å². The number of benzene rings is 2. The molecule has 0 bridgehead atoms. The number of fused-ring (bicyclic) bond motifs is 1. The summed E-state index contributed by atoms with van der Waals surface area (Å²) in [5.41, 5.74) is 2.92. The summed E-state index contributed by atoms with van der Waals surface area (Å²) in [7, 11) is -3.48. The molecule has 0 unspecified atom stereocenters. The lowest BCUT2D eigenvalue weighted by atomic mass is 9.92. The summed E-state index contributed by atoms with van der Waals surface area (Å²) >= 11 is 0. The first kappa shape index (κ1) is 17.6. The Morgan fingerprint density at radius 2 is 1.77 bits per heavy atom. The molecule has 0 radical (unpaired) electrons. The van der Waals surface area contributed by atoms with Gasteiger partial charge in [0.2, 0.25) is 10.0 Å². The molecule has 1 aliphatic heterocycles. The smallest absolute Gasteiger partial charge is 0.243 e. The van der Waals surface area contributed by atoms with Crippen molar-refractivity contribution < 1.29 is 17.5 Å². The minimum atomic E-state index is -3.48. The van der Waals surface area contributed by atoms with Crippen LogP contribution < -0.4 is 0 Å². The molecule has 0 spiro atoms. The predicted octanol–water partition coefficient (Wildman–Crippen LogP) is 3.29. The lowest BCUT2D eigenvalue weighted by Crippen LogP contribution is -2.54. The third kappa shape index (κ3) is 3.41. The van der Waals surface area contributed by atoms with Crippen LogP contribution in [0.3, 0.4) is 0 Å². The van der Waals surface area contributed by atoms with Gasteiger partial charge in [0, 0.05) is 18.7 Å². The van der Waals surface area contributed by atoms with Crippen molar-refractivity contribution in [2.45, 2.75) is 43.3 Å². The largest absolute Gasteiger partial charge is 0.371 e. The van der Waals surface area contributed by atoms with Gasteiger partial charge in [-0.3, -0.25) is 0 Å². The van der Waals surface area contributed by atoms with Gasteiger partial charge in [0.05, 0.1) is 17.6 Å². The first-order valence-corrected chi connectivity index (χ1v) is 10.4. The summed E-state index contributed by atoms with van der Waals surface area (Å²) in [6.45, 7) is 0.784. The third-order valence-corrected chi connectivity index (χ3v) is 7.03. The van der Waals surface area contributed by atoms with E-state index in [1.54, 1.807) is 24.3 Å². The predicted molar refractivity (Wildman–Crippen MR) is 96.8 cm³/mol. The molecular weight excluding hydrogens is 353 g/mol. The van der Waals surface area contributed by atoms with Crippen LogP contribution in [-0.2, 0) is 34.2 Å². The van der Waals surface area contributed by atoms with Crippen molar-refractivity contribution in [1.29, 1.82) is 0 Å². The quantitative estimate of drug-likeness (QED) is 0.806. The van der Waals surface area contributed by atoms with Crippen molar-refractivity contribution in [2.24, 2.45) is 0 Å². The molecule has 1 aliphatic carbocycles. The number of hydrogen-bond acceptors (Lipinski definition) is 3. The Balaban J connectivity index is 1.38. The van der Waals surface area contributed by atoms with E-state index < -0.39 is 10.0 Å². The first-order chi connectivity index (χ1) is 12.5. The maximum atomic E-state index is 13.6. The molecule has 0 amide bonds. The third-order valence-electron chi connectivity index (χ3n) is 5.20. The average Bonchev–Trinajstić information content (AvgIpc) is 2.61. The molecule has 26 heavy (non-hydrogen) atoms. The topological polar surface area (TPSA) is 46.6 Å². The molecule has 0 saturated carbocycles. The van der Waals surface area contributed by atoms with Crippen molar-refractivity contribution in [2.75, 3.05) is 13.1 Å². The highest BCUT2D eigenvalue weighted by atomic mass is 32.2. The zero-order valence-corrected chi connectivity index (χ0v) is 15.3. The summed E-state index contributed by atoms with van der Waals surface area (Å²) in [5, 5.41) is 0. The lowest BCUT2D eigenvalue weighted by Gasteiger charge is -2.37. The zero-order chi connectivity index (χ0) is 18.1. The molecule has 1 saturated heterocycles. The van der Waals surface area contributed by atoms with Gasteiger partial charge in [-0.25, -0.2) is 12.8 Å². The number of ether oxygens (including phenoxy) is 1. The highest BCUT2D eigenvalue weighted by Gasteiger charge is 2.37. The molecule has 0 N–H and O–H groups in total. The lowest BCUT2D eigenvalue weighted by molar-refractivity contribution is -0.0304. The number of hydrogen-bond donors (Lipinski definition) is 0. The highest BCUT2D eigenvalue weighted by molar-refractivity contribution is 7.89. The van der Waals surface area contributed by atoms with E-state index >= 15 is 0 Å². The number of rotatable bonds is 5. The summed E-state index contributed by atoms with van der Waals surface area (Å²) < 4.78 is 46.3.